The summed E-state index contributed by atoms with van der Waals surface area (Å²) in [5.74, 6) is 2.23. The molecule has 2 rings (SSSR count). The van der Waals surface area contributed by atoms with Crippen LogP contribution >= 0.6 is 15.9 Å². The Morgan fingerprint density at radius 1 is 1.00 bits per heavy atom. The van der Waals surface area contributed by atoms with E-state index in [1.807, 2.05) is 6.07 Å². The summed E-state index contributed by atoms with van der Waals surface area (Å²) < 4.78 is 10.7. The van der Waals surface area contributed by atoms with Gasteiger partial charge in [-0.15, -0.1) is 0 Å². The molecule has 2 atom stereocenters. The molecule has 1 aromatic rings. The monoisotopic (exact) mass is 312 g/mol. The third-order valence-electron chi connectivity index (χ3n) is 3.77. The fraction of sp³-hybridized carbons (Fsp3) is 0.600. The van der Waals surface area contributed by atoms with E-state index in [-0.39, 0.29) is 0 Å². The first-order chi connectivity index (χ1) is 8.76. The van der Waals surface area contributed by atoms with Crippen LogP contribution in [-0.2, 0) is 0 Å². The highest BCUT2D eigenvalue weighted by molar-refractivity contribution is 9.09. The smallest absolute Gasteiger partial charge is 0.160 e. The van der Waals surface area contributed by atoms with Crippen molar-refractivity contribution in [2.24, 2.45) is 0 Å². The molecule has 1 aliphatic rings. The maximum absolute atomic E-state index is 5.39. The molecule has 1 fully saturated rings. The summed E-state index contributed by atoms with van der Waals surface area (Å²) in [6.07, 6.45) is 6.52. The molecule has 2 unspecified atom stereocenters. The summed E-state index contributed by atoms with van der Waals surface area (Å²) in [6.45, 7) is 0. The maximum atomic E-state index is 5.39. The van der Waals surface area contributed by atoms with E-state index in [2.05, 4.69) is 28.1 Å². The lowest BCUT2D eigenvalue weighted by molar-refractivity contribution is 0.354. The Hall–Kier alpha value is -0.700. The molecule has 2 nitrogen and oxygen atoms in total. The Labute approximate surface area is 118 Å². The molecule has 18 heavy (non-hydrogen) atoms. The third-order valence-corrected chi connectivity index (χ3v) is 4.86. The van der Waals surface area contributed by atoms with Gasteiger partial charge >= 0.3 is 0 Å². The van der Waals surface area contributed by atoms with E-state index in [0.717, 1.165) is 11.5 Å². The fourth-order valence-electron chi connectivity index (χ4n) is 2.72. The Balaban J connectivity index is 2.26. The van der Waals surface area contributed by atoms with Crippen molar-refractivity contribution in [1.29, 1.82) is 0 Å². The molecule has 0 spiro atoms. The highest BCUT2D eigenvalue weighted by Crippen LogP contribution is 2.39. The Bertz CT molecular complexity index is 392. The molecule has 3 heteroatoms. The number of hydrogen-bond acceptors (Lipinski definition) is 2. The van der Waals surface area contributed by atoms with Crippen LogP contribution in [0.5, 0.6) is 11.5 Å². The van der Waals surface area contributed by atoms with E-state index in [1.54, 1.807) is 14.2 Å². The summed E-state index contributed by atoms with van der Waals surface area (Å²) in [5, 5.41) is 0. The van der Waals surface area contributed by atoms with Crippen LogP contribution in [0.2, 0.25) is 0 Å². The Kier molecular flexibility index (Phi) is 4.93. The number of benzene rings is 1. The van der Waals surface area contributed by atoms with Gasteiger partial charge in [0.2, 0.25) is 0 Å². The van der Waals surface area contributed by atoms with Crippen LogP contribution in [0.3, 0.4) is 0 Å². The zero-order valence-electron chi connectivity index (χ0n) is 11.1. The van der Waals surface area contributed by atoms with Crippen molar-refractivity contribution >= 4 is 15.9 Å². The number of rotatable bonds is 3. The zero-order valence-corrected chi connectivity index (χ0v) is 12.7. The molecule has 1 aromatic carbocycles. The van der Waals surface area contributed by atoms with Crippen molar-refractivity contribution in [2.75, 3.05) is 14.2 Å². The summed E-state index contributed by atoms with van der Waals surface area (Å²) >= 11 is 3.85. The molecule has 0 aliphatic heterocycles. The van der Waals surface area contributed by atoms with Gasteiger partial charge < -0.3 is 9.47 Å². The lowest BCUT2D eigenvalue weighted by atomic mass is 9.91. The largest absolute Gasteiger partial charge is 0.493 e. The van der Waals surface area contributed by atoms with E-state index in [1.165, 1.54) is 37.7 Å². The van der Waals surface area contributed by atoms with Crippen molar-refractivity contribution in [2.45, 2.75) is 42.8 Å². The van der Waals surface area contributed by atoms with Crippen LogP contribution in [0.1, 0.15) is 43.6 Å². The van der Waals surface area contributed by atoms with Crippen molar-refractivity contribution in [3.05, 3.63) is 23.8 Å². The van der Waals surface area contributed by atoms with Crippen molar-refractivity contribution < 1.29 is 9.47 Å². The third kappa shape index (κ3) is 3.00. The molecule has 1 aliphatic carbocycles. The van der Waals surface area contributed by atoms with E-state index in [0.29, 0.717) is 10.7 Å². The second-order valence-electron chi connectivity index (χ2n) is 4.87. The van der Waals surface area contributed by atoms with Gasteiger partial charge in [-0.05, 0) is 36.5 Å². The van der Waals surface area contributed by atoms with Gasteiger partial charge in [0.1, 0.15) is 0 Å². The summed E-state index contributed by atoms with van der Waals surface area (Å²) in [4.78, 5) is 0.582. The average molecular weight is 313 g/mol. The van der Waals surface area contributed by atoms with Crippen LogP contribution in [0, 0.1) is 0 Å². The molecule has 0 radical (unpaired) electrons. The number of halogens is 1. The quantitative estimate of drug-likeness (QED) is 0.603. The van der Waals surface area contributed by atoms with Gasteiger partial charge in [0.05, 0.1) is 14.2 Å². The first kappa shape index (κ1) is 13.7. The second kappa shape index (κ2) is 6.46. The average Bonchev–Trinajstić information content (AvgIpc) is 2.62. The zero-order chi connectivity index (χ0) is 13.0. The van der Waals surface area contributed by atoms with Gasteiger partial charge in [0.15, 0.2) is 11.5 Å². The van der Waals surface area contributed by atoms with Crippen LogP contribution in [0.25, 0.3) is 0 Å². The first-order valence-corrected chi connectivity index (χ1v) is 7.54. The molecular formula is C15H21BrO2. The predicted octanol–water partition coefficient (Wildman–Crippen LogP) is 4.52. The summed E-state index contributed by atoms with van der Waals surface area (Å²) in [7, 11) is 3.37. The van der Waals surface area contributed by atoms with Crippen molar-refractivity contribution in [3.63, 3.8) is 0 Å². The van der Waals surface area contributed by atoms with Gasteiger partial charge in [-0.25, -0.2) is 0 Å². The first-order valence-electron chi connectivity index (χ1n) is 6.62. The lowest BCUT2D eigenvalue weighted by Crippen LogP contribution is -2.10. The predicted molar refractivity (Wildman–Crippen MR) is 78.1 cm³/mol. The lowest BCUT2D eigenvalue weighted by Gasteiger charge is -2.21. The minimum atomic E-state index is 0.582. The highest BCUT2D eigenvalue weighted by atomic mass is 79.9. The molecule has 0 amide bonds. The topological polar surface area (TPSA) is 18.5 Å². The van der Waals surface area contributed by atoms with Gasteiger partial charge in [0, 0.05) is 4.83 Å². The molecule has 0 bridgehead atoms. The van der Waals surface area contributed by atoms with Crippen LogP contribution < -0.4 is 9.47 Å². The van der Waals surface area contributed by atoms with E-state index in [4.69, 9.17) is 9.47 Å². The van der Waals surface area contributed by atoms with E-state index < -0.39 is 0 Å². The maximum Gasteiger partial charge on any atom is 0.160 e. The molecule has 0 aromatic heterocycles. The second-order valence-corrected chi connectivity index (χ2v) is 6.05. The van der Waals surface area contributed by atoms with Crippen molar-refractivity contribution in [1.82, 2.24) is 0 Å². The number of ether oxygens (including phenoxy) is 2. The minimum Gasteiger partial charge on any atom is -0.493 e. The molecular weight excluding hydrogens is 292 g/mol. The number of hydrogen-bond donors (Lipinski definition) is 0. The molecule has 100 valence electrons. The Morgan fingerprint density at radius 3 is 2.44 bits per heavy atom. The SMILES string of the molecule is COc1ccc(C2CCCCCC2Br)cc1OC. The van der Waals surface area contributed by atoms with Crippen molar-refractivity contribution in [3.8, 4) is 11.5 Å². The highest BCUT2D eigenvalue weighted by Gasteiger charge is 2.23. The standard InChI is InChI=1S/C15H21BrO2/c1-17-14-9-8-11(10-15(14)18-2)12-6-4-3-5-7-13(12)16/h8-10,12-13H,3-7H2,1-2H3. The van der Waals surface area contributed by atoms with E-state index >= 15 is 0 Å². The molecule has 1 saturated carbocycles. The number of methoxy groups -OCH3 is 2. The van der Waals surface area contributed by atoms with Crippen LogP contribution in [-0.4, -0.2) is 19.0 Å². The molecule has 0 N–H and O–H groups in total. The normalized spacial score (nSPS) is 24.4. The van der Waals surface area contributed by atoms with Crippen LogP contribution in [0.15, 0.2) is 18.2 Å². The van der Waals surface area contributed by atoms with Gasteiger partial charge in [0.25, 0.3) is 0 Å². The summed E-state index contributed by atoms with van der Waals surface area (Å²) in [5.41, 5.74) is 1.36. The van der Waals surface area contributed by atoms with Gasteiger partial charge in [-0.3, -0.25) is 0 Å². The van der Waals surface area contributed by atoms with Gasteiger partial charge in [-0.2, -0.15) is 0 Å². The Morgan fingerprint density at radius 2 is 1.72 bits per heavy atom. The fourth-order valence-corrected chi connectivity index (χ4v) is 3.61. The minimum absolute atomic E-state index is 0.582. The van der Waals surface area contributed by atoms with Crippen LogP contribution in [0.4, 0.5) is 0 Å². The summed E-state index contributed by atoms with van der Waals surface area (Å²) in [6, 6.07) is 6.31. The van der Waals surface area contributed by atoms with Gasteiger partial charge in [-0.1, -0.05) is 41.3 Å². The number of alkyl halides is 1. The van der Waals surface area contributed by atoms with E-state index in [9.17, 15) is 0 Å². The molecule has 0 heterocycles. The molecule has 0 saturated heterocycles.